The second-order valence-electron chi connectivity index (χ2n) is 4.54. The molecule has 1 saturated carbocycles. The molecule has 0 heterocycles. The van der Waals surface area contributed by atoms with Gasteiger partial charge in [-0.15, -0.1) is 0 Å². The van der Waals surface area contributed by atoms with Crippen molar-refractivity contribution in [3.63, 3.8) is 0 Å². The van der Waals surface area contributed by atoms with Gasteiger partial charge in [-0.25, -0.2) is 0 Å². The van der Waals surface area contributed by atoms with E-state index in [1.54, 1.807) is 7.11 Å². The summed E-state index contributed by atoms with van der Waals surface area (Å²) in [6.07, 6.45) is 5.93. The highest BCUT2D eigenvalue weighted by molar-refractivity contribution is 7.80. The highest BCUT2D eigenvalue weighted by Crippen LogP contribution is 2.17. The van der Waals surface area contributed by atoms with Gasteiger partial charge in [0.05, 0.1) is 7.11 Å². The molecule has 0 radical (unpaired) electrons. The molecule has 102 valence electrons. The number of nitrogens with zero attached hydrogens (tertiary/aromatic N) is 1. The Balaban J connectivity index is 1.86. The molecule has 1 aromatic rings. The second-order valence-corrected chi connectivity index (χ2v) is 4.94. The zero-order valence-electron chi connectivity index (χ0n) is 11.1. The average molecular weight is 277 g/mol. The van der Waals surface area contributed by atoms with Crippen molar-refractivity contribution in [3.8, 4) is 5.75 Å². The van der Waals surface area contributed by atoms with Gasteiger partial charge in [0, 0.05) is 17.5 Å². The molecule has 0 aromatic heterocycles. The highest BCUT2D eigenvalue weighted by Gasteiger charge is 2.06. The summed E-state index contributed by atoms with van der Waals surface area (Å²) in [7, 11) is 1.64. The average Bonchev–Trinajstić information content (AvgIpc) is 2.46. The van der Waals surface area contributed by atoms with Crippen LogP contribution in [0.15, 0.2) is 29.4 Å². The predicted molar refractivity (Wildman–Crippen MR) is 82.9 cm³/mol. The van der Waals surface area contributed by atoms with E-state index in [-0.39, 0.29) is 0 Å². The van der Waals surface area contributed by atoms with Gasteiger partial charge in [-0.1, -0.05) is 12.5 Å². The fourth-order valence-electron chi connectivity index (χ4n) is 2.06. The van der Waals surface area contributed by atoms with Crippen LogP contribution in [0.25, 0.3) is 0 Å². The molecule has 0 spiro atoms. The Bertz CT molecular complexity index is 466. The predicted octanol–water partition coefficient (Wildman–Crippen LogP) is 3.30. The van der Waals surface area contributed by atoms with Gasteiger partial charge in [-0.3, -0.25) is 5.43 Å². The summed E-state index contributed by atoms with van der Waals surface area (Å²) in [5.74, 6) is 0.798. The molecule has 0 saturated heterocycles. The Kier molecular flexibility index (Phi) is 5.15. The van der Waals surface area contributed by atoms with Crippen molar-refractivity contribution >= 4 is 28.7 Å². The van der Waals surface area contributed by atoms with Gasteiger partial charge in [0.25, 0.3) is 0 Å². The van der Waals surface area contributed by atoms with Crippen LogP contribution in [-0.2, 0) is 0 Å². The van der Waals surface area contributed by atoms with Gasteiger partial charge in [0.15, 0.2) is 5.11 Å². The lowest BCUT2D eigenvalue weighted by Gasteiger charge is -2.13. The van der Waals surface area contributed by atoms with E-state index in [1.807, 2.05) is 24.3 Å². The van der Waals surface area contributed by atoms with Crippen LogP contribution in [0.2, 0.25) is 0 Å². The summed E-state index contributed by atoms with van der Waals surface area (Å²) in [5.41, 5.74) is 5.00. The van der Waals surface area contributed by atoms with Crippen LogP contribution >= 0.6 is 12.2 Å². The van der Waals surface area contributed by atoms with Crippen molar-refractivity contribution < 1.29 is 4.74 Å². The number of ether oxygens (including phenoxy) is 1. The van der Waals surface area contributed by atoms with Crippen LogP contribution in [0.1, 0.15) is 32.1 Å². The lowest BCUT2D eigenvalue weighted by atomic mass is 9.99. The van der Waals surface area contributed by atoms with E-state index in [9.17, 15) is 0 Å². The summed E-state index contributed by atoms with van der Waals surface area (Å²) in [6.45, 7) is 0. The SMILES string of the molecule is COc1cccc(NC(=S)NN=C2CCCCC2)c1. The number of benzene rings is 1. The van der Waals surface area contributed by atoms with Crippen molar-refractivity contribution in [3.05, 3.63) is 24.3 Å². The molecule has 0 atom stereocenters. The largest absolute Gasteiger partial charge is 0.497 e. The zero-order valence-corrected chi connectivity index (χ0v) is 11.9. The van der Waals surface area contributed by atoms with Gasteiger partial charge in [0.1, 0.15) is 5.75 Å². The van der Waals surface area contributed by atoms with Gasteiger partial charge in [0.2, 0.25) is 0 Å². The standard InChI is InChI=1S/C14H19N3OS/c1-18-13-9-5-8-12(10-13)15-14(19)17-16-11-6-3-2-4-7-11/h5,8-10H,2-4,6-7H2,1H3,(H2,15,17,19). The second kappa shape index (κ2) is 7.09. The van der Waals surface area contributed by atoms with Crippen LogP contribution < -0.4 is 15.5 Å². The maximum atomic E-state index is 5.21. The molecule has 2 N–H and O–H groups in total. The van der Waals surface area contributed by atoms with Gasteiger partial charge in [-0.2, -0.15) is 5.10 Å². The third-order valence-electron chi connectivity index (χ3n) is 3.07. The van der Waals surface area contributed by atoms with Crippen molar-refractivity contribution in [2.24, 2.45) is 5.10 Å². The Labute approximate surface area is 119 Å². The topological polar surface area (TPSA) is 45.6 Å². The highest BCUT2D eigenvalue weighted by atomic mass is 32.1. The van der Waals surface area contributed by atoms with Crippen molar-refractivity contribution in [1.82, 2.24) is 5.43 Å². The molecule has 5 heteroatoms. The lowest BCUT2D eigenvalue weighted by molar-refractivity contribution is 0.415. The van der Waals surface area contributed by atoms with Crippen LogP contribution in [0, 0.1) is 0 Å². The van der Waals surface area contributed by atoms with Crippen molar-refractivity contribution in [2.45, 2.75) is 32.1 Å². The number of anilines is 1. The van der Waals surface area contributed by atoms with Crippen LogP contribution in [0.3, 0.4) is 0 Å². The third kappa shape index (κ3) is 4.52. The van der Waals surface area contributed by atoms with Crippen LogP contribution in [0.5, 0.6) is 5.75 Å². The van der Waals surface area contributed by atoms with E-state index in [0.717, 1.165) is 24.3 Å². The number of methoxy groups -OCH3 is 1. The summed E-state index contributed by atoms with van der Waals surface area (Å²) < 4.78 is 5.16. The van der Waals surface area contributed by atoms with E-state index in [4.69, 9.17) is 17.0 Å². The molecule has 1 fully saturated rings. The van der Waals surface area contributed by atoms with E-state index >= 15 is 0 Å². The molecule has 0 aliphatic heterocycles. The normalized spacial score (nSPS) is 14.7. The third-order valence-corrected chi connectivity index (χ3v) is 3.27. The first-order chi connectivity index (χ1) is 9.28. The van der Waals surface area contributed by atoms with E-state index in [2.05, 4.69) is 15.8 Å². The Hall–Kier alpha value is -1.62. The van der Waals surface area contributed by atoms with Gasteiger partial charge < -0.3 is 10.1 Å². The zero-order chi connectivity index (χ0) is 13.5. The molecule has 1 aliphatic rings. The number of hydrogen-bond acceptors (Lipinski definition) is 3. The fourth-order valence-corrected chi connectivity index (χ4v) is 2.22. The molecule has 2 rings (SSSR count). The first kappa shape index (κ1) is 13.8. The number of hydrazone groups is 1. The number of rotatable bonds is 3. The maximum absolute atomic E-state index is 5.21. The Morgan fingerprint density at radius 1 is 1.26 bits per heavy atom. The molecule has 4 nitrogen and oxygen atoms in total. The minimum absolute atomic E-state index is 0.506. The summed E-state index contributed by atoms with van der Waals surface area (Å²) in [6, 6.07) is 7.63. The first-order valence-electron chi connectivity index (χ1n) is 6.54. The molecular weight excluding hydrogens is 258 g/mol. The Morgan fingerprint density at radius 3 is 2.79 bits per heavy atom. The fraction of sp³-hybridized carbons (Fsp3) is 0.429. The minimum Gasteiger partial charge on any atom is -0.497 e. The quantitative estimate of drug-likeness (QED) is 0.657. The molecule has 1 aliphatic carbocycles. The van der Waals surface area contributed by atoms with E-state index < -0.39 is 0 Å². The van der Waals surface area contributed by atoms with Crippen molar-refractivity contribution in [1.29, 1.82) is 0 Å². The number of nitrogens with one attached hydrogen (secondary N) is 2. The molecule has 0 unspecified atom stereocenters. The number of hydrogen-bond donors (Lipinski definition) is 2. The van der Waals surface area contributed by atoms with Gasteiger partial charge in [-0.05, 0) is 50.0 Å². The summed E-state index contributed by atoms with van der Waals surface area (Å²) in [4.78, 5) is 0. The van der Waals surface area contributed by atoms with Crippen molar-refractivity contribution in [2.75, 3.05) is 12.4 Å². The molecule has 19 heavy (non-hydrogen) atoms. The molecule has 0 amide bonds. The smallest absolute Gasteiger partial charge is 0.191 e. The number of thiocarbonyl (C=S) groups is 1. The Morgan fingerprint density at radius 2 is 2.05 bits per heavy atom. The van der Waals surface area contributed by atoms with Crippen LogP contribution in [-0.4, -0.2) is 17.9 Å². The lowest BCUT2D eigenvalue weighted by Crippen LogP contribution is -2.25. The van der Waals surface area contributed by atoms with E-state index in [1.165, 1.54) is 25.0 Å². The molecule has 1 aromatic carbocycles. The van der Waals surface area contributed by atoms with Crippen LogP contribution in [0.4, 0.5) is 5.69 Å². The van der Waals surface area contributed by atoms with E-state index in [0.29, 0.717) is 5.11 Å². The summed E-state index contributed by atoms with van der Waals surface area (Å²) >= 11 is 5.21. The summed E-state index contributed by atoms with van der Waals surface area (Å²) in [5, 5.41) is 7.95. The monoisotopic (exact) mass is 277 g/mol. The minimum atomic E-state index is 0.506. The maximum Gasteiger partial charge on any atom is 0.191 e. The van der Waals surface area contributed by atoms with Gasteiger partial charge >= 0.3 is 0 Å². The molecule has 0 bridgehead atoms. The first-order valence-corrected chi connectivity index (χ1v) is 6.95. The molecular formula is C14H19N3OS.